The van der Waals surface area contributed by atoms with E-state index in [1.807, 2.05) is 20.8 Å². The predicted octanol–water partition coefficient (Wildman–Crippen LogP) is 4.94. The molecule has 0 aliphatic heterocycles. The van der Waals surface area contributed by atoms with Crippen molar-refractivity contribution in [3.8, 4) is 5.75 Å². The van der Waals surface area contributed by atoms with Gasteiger partial charge in [0, 0.05) is 20.4 Å². The molecule has 0 heterocycles. The van der Waals surface area contributed by atoms with E-state index in [9.17, 15) is 0 Å². The van der Waals surface area contributed by atoms with Gasteiger partial charge in [0.1, 0.15) is 5.75 Å². The fraction of sp³-hybridized carbons (Fsp3) is 0.684. The summed E-state index contributed by atoms with van der Waals surface area (Å²) < 4.78 is 6.09. The van der Waals surface area contributed by atoms with E-state index in [0.29, 0.717) is 0 Å². The van der Waals surface area contributed by atoms with Gasteiger partial charge in [0.05, 0.1) is 0 Å². The Morgan fingerprint density at radius 3 is 1.64 bits per heavy atom. The number of hydrogen-bond donors (Lipinski definition) is 1. The lowest BCUT2D eigenvalue weighted by atomic mass is 9.80. The second kappa shape index (κ2) is 6.59. The maximum Gasteiger partial charge on any atom is 0.222 e. The molecule has 0 aromatic heterocycles. The minimum absolute atomic E-state index is 0.0754. The van der Waals surface area contributed by atoms with Crippen LogP contribution in [0.2, 0.25) is 0 Å². The fourth-order valence-electron chi connectivity index (χ4n) is 2.07. The molecule has 0 unspecified atom stereocenters. The van der Waals surface area contributed by atoms with Gasteiger partial charge in [0.25, 0.3) is 0 Å². The van der Waals surface area contributed by atoms with E-state index >= 15 is 0 Å². The van der Waals surface area contributed by atoms with E-state index < -0.39 is 5.79 Å². The third kappa shape index (κ3) is 5.62. The summed E-state index contributed by atoms with van der Waals surface area (Å²) in [5, 5.41) is 0. The van der Waals surface area contributed by atoms with Gasteiger partial charge in [0.15, 0.2) is 0 Å². The normalized spacial score (nSPS) is 13.3. The van der Waals surface area contributed by atoms with Gasteiger partial charge in [-0.25, -0.2) is 0 Å². The minimum atomic E-state index is -0.721. The van der Waals surface area contributed by atoms with Crippen LogP contribution >= 0.6 is 0 Å². The Balaban J connectivity index is 3.19. The molecular formula is C19H33NO2. The monoisotopic (exact) mass is 307 g/mol. The first-order valence-electron chi connectivity index (χ1n) is 8.11. The van der Waals surface area contributed by atoms with Crippen LogP contribution in [-0.2, 0) is 15.7 Å². The quantitative estimate of drug-likeness (QED) is 0.617. The second-order valence-corrected chi connectivity index (χ2v) is 8.35. The molecule has 1 aromatic rings. The Morgan fingerprint density at radius 1 is 0.818 bits per heavy atom. The molecule has 0 bridgehead atoms. The van der Waals surface area contributed by atoms with Gasteiger partial charge < -0.3 is 4.74 Å². The summed E-state index contributed by atoms with van der Waals surface area (Å²) in [5.41, 5.74) is 5.57. The Bertz CT molecular complexity index is 461. The predicted molar refractivity (Wildman–Crippen MR) is 93.3 cm³/mol. The van der Waals surface area contributed by atoms with Crippen molar-refractivity contribution < 1.29 is 9.57 Å². The molecule has 1 N–H and O–H groups in total. The molecule has 0 atom stereocenters. The molecule has 0 saturated carbocycles. The highest BCUT2D eigenvalue weighted by Crippen LogP contribution is 2.34. The van der Waals surface area contributed by atoms with Crippen molar-refractivity contribution in [3.05, 3.63) is 29.3 Å². The number of rotatable bonds is 5. The molecule has 22 heavy (non-hydrogen) atoms. The Labute approximate surface area is 136 Å². The SMILES string of the molecule is CCNOC(C)(C)Oc1cc(C(C)(C)C)cc(C(C)(C)C)c1. The molecule has 0 saturated heterocycles. The van der Waals surface area contributed by atoms with Gasteiger partial charge in [0.2, 0.25) is 5.79 Å². The van der Waals surface area contributed by atoms with Crippen LogP contribution in [0.3, 0.4) is 0 Å². The van der Waals surface area contributed by atoms with Crippen molar-refractivity contribution in [3.63, 3.8) is 0 Å². The lowest BCUT2D eigenvalue weighted by Gasteiger charge is -2.30. The molecular weight excluding hydrogens is 274 g/mol. The summed E-state index contributed by atoms with van der Waals surface area (Å²) in [6.45, 7) is 19.9. The third-order valence-electron chi connectivity index (χ3n) is 3.46. The molecule has 3 nitrogen and oxygen atoms in total. The molecule has 0 amide bonds. The van der Waals surface area contributed by atoms with Gasteiger partial charge in [-0.1, -0.05) is 54.5 Å². The van der Waals surface area contributed by atoms with Gasteiger partial charge >= 0.3 is 0 Å². The number of benzene rings is 1. The highest BCUT2D eigenvalue weighted by Gasteiger charge is 2.25. The van der Waals surface area contributed by atoms with Gasteiger partial charge in [-0.3, -0.25) is 4.84 Å². The van der Waals surface area contributed by atoms with Crippen LogP contribution in [0.25, 0.3) is 0 Å². The molecule has 126 valence electrons. The highest BCUT2D eigenvalue weighted by atomic mass is 16.8. The maximum atomic E-state index is 6.09. The van der Waals surface area contributed by atoms with Crippen molar-refractivity contribution in [1.29, 1.82) is 0 Å². The highest BCUT2D eigenvalue weighted by molar-refractivity contribution is 5.40. The van der Waals surface area contributed by atoms with Crippen LogP contribution in [-0.4, -0.2) is 12.3 Å². The summed E-state index contributed by atoms with van der Waals surface area (Å²) in [4.78, 5) is 5.56. The zero-order valence-electron chi connectivity index (χ0n) is 15.8. The molecule has 3 heteroatoms. The number of nitrogens with one attached hydrogen (secondary N) is 1. The first-order valence-corrected chi connectivity index (χ1v) is 8.11. The first-order chi connectivity index (χ1) is 9.85. The summed E-state index contributed by atoms with van der Waals surface area (Å²) in [5.74, 6) is 0.127. The fourth-order valence-corrected chi connectivity index (χ4v) is 2.07. The zero-order valence-corrected chi connectivity index (χ0v) is 15.8. The van der Waals surface area contributed by atoms with Crippen LogP contribution in [0.4, 0.5) is 0 Å². The van der Waals surface area contributed by atoms with Crippen LogP contribution in [0.5, 0.6) is 5.75 Å². The van der Waals surface area contributed by atoms with Gasteiger partial charge in [-0.05, 0) is 34.1 Å². The van der Waals surface area contributed by atoms with E-state index in [1.165, 1.54) is 11.1 Å². The van der Waals surface area contributed by atoms with Crippen LogP contribution < -0.4 is 10.2 Å². The molecule has 1 rings (SSSR count). The molecule has 0 radical (unpaired) electrons. The Hall–Kier alpha value is -1.06. The molecule has 0 aliphatic rings. The van der Waals surface area contributed by atoms with Gasteiger partial charge in [-0.2, -0.15) is 5.48 Å². The minimum Gasteiger partial charge on any atom is -0.461 e. The van der Waals surface area contributed by atoms with E-state index in [4.69, 9.17) is 9.57 Å². The number of hydrogen-bond acceptors (Lipinski definition) is 3. The third-order valence-corrected chi connectivity index (χ3v) is 3.46. The summed E-state index contributed by atoms with van der Waals surface area (Å²) in [6.07, 6.45) is 0. The number of hydroxylamine groups is 1. The molecule has 1 aromatic carbocycles. The van der Waals surface area contributed by atoms with Crippen molar-refractivity contribution >= 4 is 0 Å². The summed E-state index contributed by atoms with van der Waals surface area (Å²) in [7, 11) is 0. The van der Waals surface area contributed by atoms with Crippen molar-refractivity contribution in [2.24, 2.45) is 0 Å². The largest absolute Gasteiger partial charge is 0.461 e. The molecule has 0 fully saturated rings. The average Bonchev–Trinajstić information content (AvgIpc) is 2.33. The standard InChI is InChI=1S/C19H33NO2/c1-10-20-22-19(8,9)21-16-12-14(17(2,3)4)11-15(13-16)18(5,6)7/h11-13,20H,10H2,1-9H3. The lowest BCUT2D eigenvalue weighted by molar-refractivity contribution is -0.197. The first kappa shape index (κ1) is 19.0. The van der Waals surface area contributed by atoms with Crippen molar-refractivity contribution in [2.45, 2.75) is 78.9 Å². The second-order valence-electron chi connectivity index (χ2n) is 8.35. The van der Waals surface area contributed by atoms with Crippen LogP contribution in [0.1, 0.15) is 73.4 Å². The average molecular weight is 307 g/mol. The van der Waals surface area contributed by atoms with Crippen LogP contribution in [0, 0.1) is 0 Å². The molecule has 0 spiro atoms. The molecule has 0 aliphatic carbocycles. The smallest absolute Gasteiger partial charge is 0.222 e. The maximum absolute atomic E-state index is 6.09. The van der Waals surface area contributed by atoms with Crippen LogP contribution in [0.15, 0.2) is 18.2 Å². The van der Waals surface area contributed by atoms with E-state index in [1.54, 1.807) is 0 Å². The van der Waals surface area contributed by atoms with E-state index in [0.717, 1.165) is 12.3 Å². The van der Waals surface area contributed by atoms with E-state index in [2.05, 4.69) is 65.2 Å². The Kier molecular flexibility index (Phi) is 5.69. The van der Waals surface area contributed by atoms with Gasteiger partial charge in [-0.15, -0.1) is 0 Å². The lowest BCUT2D eigenvalue weighted by Crippen LogP contribution is -2.37. The van der Waals surface area contributed by atoms with E-state index in [-0.39, 0.29) is 10.8 Å². The summed E-state index contributed by atoms with van der Waals surface area (Å²) in [6, 6.07) is 6.52. The number of ether oxygens (including phenoxy) is 1. The Morgan fingerprint density at radius 2 is 1.27 bits per heavy atom. The topological polar surface area (TPSA) is 30.5 Å². The van der Waals surface area contributed by atoms with Crippen molar-refractivity contribution in [2.75, 3.05) is 6.54 Å². The summed E-state index contributed by atoms with van der Waals surface area (Å²) >= 11 is 0. The van der Waals surface area contributed by atoms with Crippen molar-refractivity contribution in [1.82, 2.24) is 5.48 Å². The zero-order chi connectivity index (χ0) is 17.2.